The maximum Gasteiger partial charge on any atom is 0.0248 e. The second-order valence-corrected chi connectivity index (χ2v) is 7.61. The van der Waals surface area contributed by atoms with Crippen molar-refractivity contribution in [3.8, 4) is 0 Å². The predicted molar refractivity (Wildman–Crippen MR) is 81.2 cm³/mol. The molecule has 0 amide bonds. The Hall–Kier alpha value is -0.0800. The van der Waals surface area contributed by atoms with Crippen LogP contribution in [0.15, 0.2) is 0 Å². The molecule has 4 rings (SSSR count). The number of nitrogens with zero attached hydrogens (tertiary/aromatic N) is 1. The van der Waals surface area contributed by atoms with Gasteiger partial charge in [-0.1, -0.05) is 13.8 Å². The predicted octanol–water partition coefficient (Wildman–Crippen LogP) is 3.13. The fraction of sp³-hybridized carbons (Fsp3) is 1.00. The smallest absolute Gasteiger partial charge is 0.0248 e. The van der Waals surface area contributed by atoms with Gasteiger partial charge in [0.1, 0.15) is 0 Å². The highest BCUT2D eigenvalue weighted by Gasteiger charge is 2.53. The number of nitrogens with one attached hydrogen (secondary N) is 1. The van der Waals surface area contributed by atoms with Crippen molar-refractivity contribution in [3.63, 3.8) is 0 Å². The second-order valence-electron chi connectivity index (χ2n) is 7.61. The molecular weight excluding hydrogens is 232 g/mol. The highest BCUT2D eigenvalue weighted by Crippen LogP contribution is 2.61. The summed E-state index contributed by atoms with van der Waals surface area (Å²) in [5, 5.41) is 3.72. The zero-order valence-corrected chi connectivity index (χ0v) is 13.1. The van der Waals surface area contributed by atoms with Crippen LogP contribution < -0.4 is 5.32 Å². The summed E-state index contributed by atoms with van der Waals surface area (Å²) in [6.07, 6.45) is 9.23. The molecule has 0 aliphatic heterocycles. The summed E-state index contributed by atoms with van der Waals surface area (Å²) in [6.45, 7) is 8.25. The zero-order chi connectivity index (χ0) is 13.5. The monoisotopic (exact) mass is 264 g/mol. The average Bonchev–Trinajstić information content (AvgIpc) is 2.38. The van der Waals surface area contributed by atoms with E-state index in [9.17, 15) is 0 Å². The van der Waals surface area contributed by atoms with Crippen LogP contribution in [0, 0.1) is 23.2 Å². The molecule has 4 aliphatic carbocycles. The molecule has 0 heterocycles. The molecule has 0 aromatic rings. The van der Waals surface area contributed by atoms with E-state index in [4.69, 9.17) is 0 Å². The van der Waals surface area contributed by atoms with Crippen molar-refractivity contribution in [3.05, 3.63) is 0 Å². The molecule has 4 fully saturated rings. The normalized spacial score (nSPS) is 42.0. The average molecular weight is 264 g/mol. The van der Waals surface area contributed by atoms with Gasteiger partial charge < -0.3 is 10.2 Å². The van der Waals surface area contributed by atoms with Crippen molar-refractivity contribution in [2.75, 3.05) is 26.7 Å². The SMILES string of the molecule is CCN(CC)CC(NC)C12CC3CC(CC(C3)C1)C2. The molecule has 110 valence electrons. The number of hydrogen-bond acceptors (Lipinski definition) is 2. The molecule has 19 heavy (non-hydrogen) atoms. The summed E-state index contributed by atoms with van der Waals surface area (Å²) < 4.78 is 0. The molecular formula is C17H32N2. The minimum atomic E-state index is 0.645. The van der Waals surface area contributed by atoms with Gasteiger partial charge in [0, 0.05) is 12.6 Å². The van der Waals surface area contributed by atoms with Crippen molar-refractivity contribution in [2.24, 2.45) is 23.2 Å². The van der Waals surface area contributed by atoms with Crippen molar-refractivity contribution in [1.29, 1.82) is 0 Å². The summed E-state index contributed by atoms with van der Waals surface area (Å²) in [4.78, 5) is 2.61. The lowest BCUT2D eigenvalue weighted by molar-refractivity contribution is -0.0771. The number of likely N-dealkylation sites (N-methyl/N-ethyl adjacent to an activating group) is 2. The van der Waals surface area contributed by atoms with E-state index in [0.29, 0.717) is 5.41 Å². The molecule has 0 saturated heterocycles. The quantitative estimate of drug-likeness (QED) is 0.793. The summed E-state index contributed by atoms with van der Waals surface area (Å²) in [6, 6.07) is 0.723. The highest BCUT2D eigenvalue weighted by atomic mass is 15.1. The lowest BCUT2D eigenvalue weighted by Crippen LogP contribution is -2.58. The number of rotatable bonds is 6. The van der Waals surface area contributed by atoms with E-state index in [1.165, 1.54) is 38.9 Å². The van der Waals surface area contributed by atoms with E-state index >= 15 is 0 Å². The summed E-state index contributed by atoms with van der Waals surface area (Å²) in [5.41, 5.74) is 0.645. The van der Waals surface area contributed by atoms with E-state index in [1.54, 1.807) is 19.3 Å². The van der Waals surface area contributed by atoms with Crippen LogP contribution in [-0.2, 0) is 0 Å². The molecule has 4 saturated carbocycles. The van der Waals surface area contributed by atoms with E-state index in [0.717, 1.165) is 23.8 Å². The van der Waals surface area contributed by atoms with Gasteiger partial charge in [0.15, 0.2) is 0 Å². The van der Waals surface area contributed by atoms with Crippen LogP contribution in [0.5, 0.6) is 0 Å². The Bertz CT molecular complexity index is 273. The maximum atomic E-state index is 3.72. The van der Waals surface area contributed by atoms with Crippen LogP contribution in [0.4, 0.5) is 0 Å². The molecule has 2 nitrogen and oxygen atoms in total. The molecule has 0 aromatic heterocycles. The standard InChI is InChI=1S/C17H32N2/c1-4-19(5-2)12-16(18-3)17-9-13-6-14(10-17)8-15(7-13)11-17/h13-16,18H,4-12H2,1-3H3. The molecule has 0 aromatic carbocycles. The topological polar surface area (TPSA) is 15.3 Å². The first-order valence-electron chi connectivity index (χ1n) is 8.58. The van der Waals surface area contributed by atoms with Crippen LogP contribution in [-0.4, -0.2) is 37.6 Å². The molecule has 1 unspecified atom stereocenters. The van der Waals surface area contributed by atoms with Crippen LogP contribution >= 0.6 is 0 Å². The molecule has 4 aliphatic rings. The minimum absolute atomic E-state index is 0.645. The Morgan fingerprint density at radius 1 is 1.00 bits per heavy atom. The number of hydrogen-bond donors (Lipinski definition) is 1. The summed E-state index contributed by atoms with van der Waals surface area (Å²) in [7, 11) is 2.20. The second kappa shape index (κ2) is 5.37. The van der Waals surface area contributed by atoms with E-state index < -0.39 is 0 Å². The molecule has 0 radical (unpaired) electrons. The van der Waals surface area contributed by atoms with Gasteiger partial charge in [0.05, 0.1) is 0 Å². The zero-order valence-electron chi connectivity index (χ0n) is 13.1. The summed E-state index contributed by atoms with van der Waals surface area (Å²) in [5.74, 6) is 3.21. The van der Waals surface area contributed by atoms with Gasteiger partial charge in [-0.3, -0.25) is 0 Å². The molecule has 2 heteroatoms. The van der Waals surface area contributed by atoms with E-state index in [1.807, 2.05) is 0 Å². The van der Waals surface area contributed by atoms with E-state index in [-0.39, 0.29) is 0 Å². The lowest BCUT2D eigenvalue weighted by atomic mass is 9.47. The fourth-order valence-corrected chi connectivity index (χ4v) is 5.94. The van der Waals surface area contributed by atoms with Gasteiger partial charge >= 0.3 is 0 Å². The highest BCUT2D eigenvalue weighted by molar-refractivity contribution is 5.06. The van der Waals surface area contributed by atoms with Crippen molar-refractivity contribution < 1.29 is 0 Å². The van der Waals surface area contributed by atoms with E-state index in [2.05, 4.69) is 31.1 Å². The van der Waals surface area contributed by atoms with Crippen molar-refractivity contribution >= 4 is 0 Å². The van der Waals surface area contributed by atoms with Gasteiger partial charge in [-0.15, -0.1) is 0 Å². The Labute approximate surface area is 119 Å². The molecule has 0 spiro atoms. The van der Waals surface area contributed by atoms with Gasteiger partial charge in [-0.05, 0) is 81.8 Å². The van der Waals surface area contributed by atoms with Crippen LogP contribution in [0.25, 0.3) is 0 Å². The summed E-state index contributed by atoms with van der Waals surface area (Å²) >= 11 is 0. The van der Waals surface area contributed by atoms with Crippen LogP contribution in [0.3, 0.4) is 0 Å². The first-order chi connectivity index (χ1) is 9.19. The first kappa shape index (κ1) is 13.9. The van der Waals surface area contributed by atoms with Gasteiger partial charge in [0.25, 0.3) is 0 Å². The Morgan fingerprint density at radius 3 is 1.84 bits per heavy atom. The molecule has 1 N–H and O–H groups in total. The lowest BCUT2D eigenvalue weighted by Gasteiger charge is -2.60. The van der Waals surface area contributed by atoms with Crippen molar-refractivity contribution in [1.82, 2.24) is 10.2 Å². The fourth-order valence-electron chi connectivity index (χ4n) is 5.94. The third-order valence-electron chi connectivity index (χ3n) is 6.51. The Balaban J connectivity index is 1.75. The third-order valence-corrected chi connectivity index (χ3v) is 6.51. The van der Waals surface area contributed by atoms with Crippen LogP contribution in [0.2, 0.25) is 0 Å². The Morgan fingerprint density at radius 2 is 1.47 bits per heavy atom. The van der Waals surface area contributed by atoms with Gasteiger partial charge in [-0.2, -0.15) is 0 Å². The Kier molecular flexibility index (Phi) is 3.92. The molecule has 4 bridgehead atoms. The third kappa shape index (κ3) is 2.47. The molecule has 1 atom stereocenters. The van der Waals surface area contributed by atoms with Crippen molar-refractivity contribution in [2.45, 2.75) is 58.4 Å². The first-order valence-corrected chi connectivity index (χ1v) is 8.58. The maximum absolute atomic E-state index is 3.72. The van der Waals surface area contributed by atoms with Crippen LogP contribution in [0.1, 0.15) is 52.4 Å². The largest absolute Gasteiger partial charge is 0.315 e. The van der Waals surface area contributed by atoms with Gasteiger partial charge in [0.2, 0.25) is 0 Å². The minimum Gasteiger partial charge on any atom is -0.315 e. The van der Waals surface area contributed by atoms with Gasteiger partial charge in [-0.25, -0.2) is 0 Å².